The largest absolute Gasteiger partial charge is 0.367 e. The van der Waals surface area contributed by atoms with Crippen LogP contribution in [0.4, 0.5) is 5.69 Å². The van der Waals surface area contributed by atoms with Crippen molar-refractivity contribution in [1.82, 2.24) is 0 Å². The van der Waals surface area contributed by atoms with Crippen molar-refractivity contribution in [1.29, 1.82) is 0 Å². The molecule has 0 fully saturated rings. The van der Waals surface area contributed by atoms with Crippen LogP contribution in [0.5, 0.6) is 0 Å². The van der Waals surface area contributed by atoms with E-state index < -0.39 is 15.5 Å². The maximum Gasteiger partial charge on any atom is 0.285 e. The fraction of sp³-hybridized carbons (Fsp3) is 0.250. The summed E-state index contributed by atoms with van der Waals surface area (Å²) in [5.74, 6) is 0. The van der Waals surface area contributed by atoms with Crippen LogP contribution in [0.15, 0.2) is 30.3 Å². The number of hydrogen-bond acceptors (Lipinski definition) is 3. The second-order valence-corrected chi connectivity index (χ2v) is 4.40. The number of anilines is 1. The second-order valence-electron chi connectivity index (χ2n) is 2.67. The van der Waals surface area contributed by atoms with Crippen LogP contribution in [0.2, 0.25) is 0 Å². The van der Waals surface area contributed by atoms with E-state index >= 15 is 0 Å². The number of para-hydroxylation sites is 1. The number of nitrogens with one attached hydrogen (secondary N) is 1. The van der Waals surface area contributed by atoms with Gasteiger partial charge in [-0.25, -0.2) is 0 Å². The number of benzene rings is 1. The molecule has 0 radical (unpaired) electrons. The van der Waals surface area contributed by atoms with Gasteiger partial charge in [0.15, 0.2) is 5.37 Å². The van der Waals surface area contributed by atoms with Crippen molar-refractivity contribution in [2.24, 2.45) is 0 Å². The molecule has 0 unspecified atom stereocenters. The van der Waals surface area contributed by atoms with Crippen molar-refractivity contribution in [3.8, 4) is 0 Å². The van der Waals surface area contributed by atoms with Crippen molar-refractivity contribution in [2.45, 2.75) is 12.3 Å². The SMILES string of the molecule is C[C@H](Nc1ccccc1)S(=O)(=O)O. The first-order valence-electron chi connectivity index (χ1n) is 3.78. The third kappa shape index (κ3) is 3.04. The molecule has 2 N–H and O–H groups in total. The smallest absolute Gasteiger partial charge is 0.285 e. The van der Waals surface area contributed by atoms with Crippen LogP contribution >= 0.6 is 0 Å². The van der Waals surface area contributed by atoms with Crippen LogP contribution < -0.4 is 5.32 Å². The predicted octanol–water partition coefficient (Wildman–Crippen LogP) is 1.33. The predicted molar refractivity (Wildman–Crippen MR) is 51.1 cm³/mol. The summed E-state index contributed by atoms with van der Waals surface area (Å²) in [6.45, 7) is 1.38. The molecule has 4 nitrogen and oxygen atoms in total. The lowest BCUT2D eigenvalue weighted by atomic mass is 10.3. The first-order valence-corrected chi connectivity index (χ1v) is 5.28. The molecule has 0 aliphatic rings. The molecule has 0 saturated heterocycles. The first kappa shape index (κ1) is 10.0. The molecule has 1 aromatic carbocycles. The standard InChI is InChI=1S/C8H11NO3S/c1-7(13(10,11)12)9-8-5-3-2-4-6-8/h2-7,9H,1H3,(H,10,11,12)/t7-/m1/s1. The molecule has 0 aliphatic heterocycles. The van der Waals surface area contributed by atoms with Gasteiger partial charge in [-0.15, -0.1) is 0 Å². The summed E-state index contributed by atoms with van der Waals surface area (Å²) in [7, 11) is -4.01. The molecule has 1 atom stereocenters. The molecule has 0 spiro atoms. The van der Waals surface area contributed by atoms with Gasteiger partial charge in [0, 0.05) is 5.69 Å². The van der Waals surface area contributed by atoms with Gasteiger partial charge in [-0.2, -0.15) is 8.42 Å². The van der Waals surface area contributed by atoms with Gasteiger partial charge in [-0.3, -0.25) is 4.55 Å². The molecule has 0 amide bonds. The average Bonchev–Trinajstić information content (AvgIpc) is 2.04. The van der Waals surface area contributed by atoms with Crippen LogP contribution in [-0.4, -0.2) is 18.3 Å². The summed E-state index contributed by atoms with van der Waals surface area (Å²) in [6.07, 6.45) is 0. The highest BCUT2D eigenvalue weighted by Crippen LogP contribution is 2.08. The molecule has 1 rings (SSSR count). The maximum absolute atomic E-state index is 10.6. The Bertz CT molecular complexity index is 360. The number of hydrogen-bond donors (Lipinski definition) is 2. The minimum Gasteiger partial charge on any atom is -0.367 e. The van der Waals surface area contributed by atoms with Gasteiger partial charge in [0.05, 0.1) is 0 Å². The average molecular weight is 201 g/mol. The Morgan fingerprint density at radius 3 is 2.31 bits per heavy atom. The van der Waals surface area contributed by atoms with Gasteiger partial charge in [0.1, 0.15) is 0 Å². The van der Waals surface area contributed by atoms with E-state index in [-0.39, 0.29) is 0 Å². The fourth-order valence-electron chi connectivity index (χ4n) is 0.844. The Morgan fingerprint density at radius 2 is 1.85 bits per heavy atom. The van der Waals surface area contributed by atoms with Crippen LogP contribution in [0.25, 0.3) is 0 Å². The fourth-order valence-corrected chi connectivity index (χ4v) is 1.13. The third-order valence-corrected chi connectivity index (χ3v) is 2.60. The minimum atomic E-state index is -4.01. The molecular formula is C8H11NO3S. The number of rotatable bonds is 3. The minimum absolute atomic E-state index is 0.660. The Labute approximate surface area is 77.3 Å². The van der Waals surface area contributed by atoms with E-state index in [4.69, 9.17) is 4.55 Å². The topological polar surface area (TPSA) is 66.4 Å². The van der Waals surface area contributed by atoms with E-state index in [2.05, 4.69) is 5.32 Å². The van der Waals surface area contributed by atoms with Gasteiger partial charge in [-0.05, 0) is 19.1 Å². The molecule has 13 heavy (non-hydrogen) atoms. The van der Waals surface area contributed by atoms with Crippen LogP contribution in [0.1, 0.15) is 6.92 Å². The Balaban J connectivity index is 2.72. The van der Waals surface area contributed by atoms with E-state index in [1.807, 2.05) is 6.07 Å². The Kier molecular flexibility index (Phi) is 2.90. The summed E-state index contributed by atoms with van der Waals surface area (Å²) in [6, 6.07) is 8.82. The highest BCUT2D eigenvalue weighted by molar-refractivity contribution is 7.86. The van der Waals surface area contributed by atoms with E-state index in [1.54, 1.807) is 24.3 Å². The zero-order valence-electron chi connectivity index (χ0n) is 7.14. The van der Waals surface area contributed by atoms with Crippen molar-refractivity contribution in [2.75, 3.05) is 5.32 Å². The summed E-state index contributed by atoms with van der Waals surface area (Å²) in [5.41, 5.74) is 0.660. The molecule has 0 heterocycles. The molecule has 0 aromatic heterocycles. The lowest BCUT2D eigenvalue weighted by molar-refractivity contribution is 0.475. The lowest BCUT2D eigenvalue weighted by Crippen LogP contribution is -2.25. The van der Waals surface area contributed by atoms with Gasteiger partial charge in [-0.1, -0.05) is 18.2 Å². The quantitative estimate of drug-likeness (QED) is 0.724. The van der Waals surface area contributed by atoms with E-state index in [0.29, 0.717) is 5.69 Å². The van der Waals surface area contributed by atoms with E-state index in [1.165, 1.54) is 6.92 Å². The molecule has 0 saturated carbocycles. The van der Waals surface area contributed by atoms with Crippen LogP contribution in [-0.2, 0) is 10.1 Å². The molecule has 1 aromatic rings. The third-order valence-electron chi connectivity index (χ3n) is 1.59. The summed E-state index contributed by atoms with van der Waals surface area (Å²) in [4.78, 5) is 0. The highest BCUT2D eigenvalue weighted by Gasteiger charge is 2.15. The zero-order chi connectivity index (χ0) is 9.90. The highest BCUT2D eigenvalue weighted by atomic mass is 32.2. The molecular weight excluding hydrogens is 190 g/mol. The normalized spacial score (nSPS) is 13.7. The molecule has 0 bridgehead atoms. The van der Waals surface area contributed by atoms with Gasteiger partial charge >= 0.3 is 0 Å². The van der Waals surface area contributed by atoms with Crippen LogP contribution in [0, 0.1) is 0 Å². The van der Waals surface area contributed by atoms with Gasteiger partial charge in [0.25, 0.3) is 10.1 Å². The summed E-state index contributed by atoms with van der Waals surface area (Å²) >= 11 is 0. The maximum atomic E-state index is 10.6. The van der Waals surface area contributed by atoms with Gasteiger partial charge < -0.3 is 5.32 Å². The summed E-state index contributed by atoms with van der Waals surface area (Å²) in [5, 5.41) is 1.65. The monoisotopic (exact) mass is 201 g/mol. The van der Waals surface area contributed by atoms with E-state index in [9.17, 15) is 8.42 Å². The Morgan fingerprint density at radius 1 is 1.31 bits per heavy atom. The first-order chi connectivity index (χ1) is 6.00. The van der Waals surface area contributed by atoms with Crippen molar-refractivity contribution < 1.29 is 13.0 Å². The second kappa shape index (κ2) is 3.76. The Hall–Kier alpha value is -1.07. The van der Waals surface area contributed by atoms with E-state index in [0.717, 1.165) is 0 Å². The zero-order valence-corrected chi connectivity index (χ0v) is 7.95. The van der Waals surface area contributed by atoms with Crippen molar-refractivity contribution in [3.63, 3.8) is 0 Å². The lowest BCUT2D eigenvalue weighted by Gasteiger charge is -2.11. The summed E-state index contributed by atoms with van der Waals surface area (Å²) < 4.78 is 29.9. The molecule has 5 heteroatoms. The van der Waals surface area contributed by atoms with Crippen molar-refractivity contribution >= 4 is 15.8 Å². The van der Waals surface area contributed by atoms with Crippen LogP contribution in [0.3, 0.4) is 0 Å². The van der Waals surface area contributed by atoms with Crippen molar-refractivity contribution in [3.05, 3.63) is 30.3 Å². The molecule has 0 aliphatic carbocycles. The van der Waals surface area contributed by atoms with Gasteiger partial charge in [0.2, 0.25) is 0 Å². The molecule has 72 valence electrons.